The predicted molar refractivity (Wildman–Crippen MR) is 77.0 cm³/mol. The number of aliphatic hydroxyl groups is 1. The molecule has 2 heterocycles. The Morgan fingerprint density at radius 3 is 3.00 bits per heavy atom. The van der Waals surface area contributed by atoms with Gasteiger partial charge in [0.1, 0.15) is 5.65 Å². The summed E-state index contributed by atoms with van der Waals surface area (Å²) in [4.78, 5) is 9.39. The van der Waals surface area contributed by atoms with Crippen molar-refractivity contribution in [2.45, 2.75) is 19.1 Å². The fourth-order valence-electron chi connectivity index (χ4n) is 2.36. The summed E-state index contributed by atoms with van der Waals surface area (Å²) in [5.74, 6) is 0. The summed E-state index contributed by atoms with van der Waals surface area (Å²) in [6, 6.07) is 3.98. The molecule has 2 aromatic heterocycles. The number of hydrogen-bond donors (Lipinski definition) is 3. The van der Waals surface area contributed by atoms with Gasteiger partial charge in [0.2, 0.25) is 0 Å². The lowest BCUT2D eigenvalue weighted by molar-refractivity contribution is 0.0336. The minimum Gasteiger partial charge on any atom is -0.388 e. The molecular formula is C14H22N4O. The first-order chi connectivity index (χ1) is 8.98. The first-order valence-electron chi connectivity index (χ1n) is 6.47. The molecule has 0 spiro atoms. The number of hydrogen-bond acceptors (Lipinski definition) is 4. The standard InChI is InChI=1S/C14H22N4O/c1-14(19,10-18(2)3)9-15-7-11-8-17-13-12(11)5-4-6-16-13/h4-6,8,15,19H,7,9-10H2,1-3H3,(H,16,17). The van der Waals surface area contributed by atoms with Crippen molar-refractivity contribution in [3.63, 3.8) is 0 Å². The van der Waals surface area contributed by atoms with E-state index in [-0.39, 0.29) is 0 Å². The molecule has 0 radical (unpaired) electrons. The third kappa shape index (κ3) is 3.76. The van der Waals surface area contributed by atoms with E-state index in [1.165, 1.54) is 5.56 Å². The van der Waals surface area contributed by atoms with Crippen molar-refractivity contribution >= 4 is 11.0 Å². The number of nitrogens with one attached hydrogen (secondary N) is 2. The van der Waals surface area contributed by atoms with Gasteiger partial charge in [-0.15, -0.1) is 0 Å². The molecule has 1 atom stereocenters. The highest BCUT2D eigenvalue weighted by Gasteiger charge is 2.20. The zero-order valence-electron chi connectivity index (χ0n) is 11.8. The summed E-state index contributed by atoms with van der Waals surface area (Å²) in [5, 5.41) is 14.6. The van der Waals surface area contributed by atoms with E-state index < -0.39 is 5.60 Å². The first kappa shape index (κ1) is 14.0. The number of aromatic nitrogens is 2. The van der Waals surface area contributed by atoms with Crippen LogP contribution in [0.15, 0.2) is 24.5 Å². The van der Waals surface area contributed by atoms with Crippen LogP contribution in [-0.2, 0) is 6.54 Å². The maximum atomic E-state index is 10.2. The van der Waals surface area contributed by atoms with Crippen molar-refractivity contribution in [3.05, 3.63) is 30.1 Å². The number of aromatic amines is 1. The smallest absolute Gasteiger partial charge is 0.137 e. The highest BCUT2D eigenvalue weighted by atomic mass is 16.3. The molecule has 5 heteroatoms. The minimum atomic E-state index is -0.728. The predicted octanol–water partition coefficient (Wildman–Crippen LogP) is 0.965. The molecule has 3 N–H and O–H groups in total. The average Bonchev–Trinajstić information content (AvgIpc) is 2.71. The van der Waals surface area contributed by atoms with Crippen LogP contribution >= 0.6 is 0 Å². The largest absolute Gasteiger partial charge is 0.388 e. The van der Waals surface area contributed by atoms with Crippen LogP contribution in [0.3, 0.4) is 0 Å². The third-order valence-electron chi connectivity index (χ3n) is 3.01. The monoisotopic (exact) mass is 262 g/mol. The Balaban J connectivity index is 1.92. The normalized spacial score (nSPS) is 15.0. The summed E-state index contributed by atoms with van der Waals surface area (Å²) in [5.41, 5.74) is 1.34. The van der Waals surface area contributed by atoms with Crippen LogP contribution < -0.4 is 5.32 Å². The number of nitrogens with zero attached hydrogens (tertiary/aromatic N) is 2. The lowest BCUT2D eigenvalue weighted by atomic mass is 10.1. The zero-order valence-corrected chi connectivity index (χ0v) is 11.8. The van der Waals surface area contributed by atoms with E-state index in [2.05, 4.69) is 15.3 Å². The van der Waals surface area contributed by atoms with E-state index in [9.17, 15) is 5.11 Å². The molecule has 19 heavy (non-hydrogen) atoms. The molecular weight excluding hydrogens is 240 g/mol. The first-order valence-corrected chi connectivity index (χ1v) is 6.47. The molecule has 2 rings (SSSR count). The highest BCUT2D eigenvalue weighted by Crippen LogP contribution is 2.15. The Bertz CT molecular complexity index is 533. The molecule has 0 amide bonds. The summed E-state index contributed by atoms with van der Waals surface area (Å²) in [7, 11) is 3.92. The quantitative estimate of drug-likeness (QED) is 0.726. The van der Waals surface area contributed by atoms with Crippen molar-refractivity contribution in [2.75, 3.05) is 27.2 Å². The van der Waals surface area contributed by atoms with E-state index in [0.29, 0.717) is 13.1 Å². The molecule has 2 aromatic rings. The zero-order chi connectivity index (χ0) is 13.9. The van der Waals surface area contributed by atoms with Crippen LogP contribution in [0.1, 0.15) is 12.5 Å². The van der Waals surface area contributed by atoms with Crippen molar-refractivity contribution in [3.8, 4) is 0 Å². The van der Waals surface area contributed by atoms with Gasteiger partial charge in [0, 0.05) is 37.4 Å². The number of fused-ring (bicyclic) bond motifs is 1. The summed E-state index contributed by atoms with van der Waals surface area (Å²) in [6.07, 6.45) is 3.74. The Labute approximate surface area is 113 Å². The molecule has 0 fully saturated rings. The Hall–Kier alpha value is -1.43. The maximum absolute atomic E-state index is 10.2. The Morgan fingerprint density at radius 2 is 2.26 bits per heavy atom. The number of H-pyrrole nitrogens is 1. The van der Waals surface area contributed by atoms with Gasteiger partial charge in [-0.25, -0.2) is 4.98 Å². The number of likely N-dealkylation sites (N-methyl/N-ethyl adjacent to an activating group) is 1. The fourth-order valence-corrected chi connectivity index (χ4v) is 2.36. The molecule has 5 nitrogen and oxygen atoms in total. The van der Waals surface area contributed by atoms with Gasteiger partial charge in [0.15, 0.2) is 0 Å². The lowest BCUT2D eigenvalue weighted by Crippen LogP contribution is -2.45. The van der Waals surface area contributed by atoms with Crippen molar-refractivity contribution in [1.82, 2.24) is 20.2 Å². The summed E-state index contributed by atoms with van der Waals surface area (Å²) >= 11 is 0. The molecule has 0 aliphatic rings. The third-order valence-corrected chi connectivity index (χ3v) is 3.01. The van der Waals surface area contributed by atoms with Gasteiger partial charge in [-0.05, 0) is 38.7 Å². The second kappa shape index (κ2) is 5.69. The van der Waals surface area contributed by atoms with E-state index in [4.69, 9.17) is 0 Å². The second-order valence-electron chi connectivity index (χ2n) is 5.55. The summed E-state index contributed by atoms with van der Waals surface area (Å²) < 4.78 is 0. The molecule has 0 aliphatic carbocycles. The molecule has 0 bridgehead atoms. The minimum absolute atomic E-state index is 0.554. The highest BCUT2D eigenvalue weighted by molar-refractivity contribution is 5.79. The molecule has 0 saturated carbocycles. The average molecular weight is 262 g/mol. The van der Waals surface area contributed by atoms with Crippen LogP contribution in [0.4, 0.5) is 0 Å². The molecule has 0 aromatic carbocycles. The van der Waals surface area contributed by atoms with E-state index in [1.54, 1.807) is 6.20 Å². The van der Waals surface area contributed by atoms with Gasteiger partial charge in [-0.1, -0.05) is 0 Å². The van der Waals surface area contributed by atoms with Gasteiger partial charge in [-0.3, -0.25) is 0 Å². The second-order valence-corrected chi connectivity index (χ2v) is 5.55. The maximum Gasteiger partial charge on any atom is 0.137 e. The number of rotatable bonds is 6. The van der Waals surface area contributed by atoms with E-state index >= 15 is 0 Å². The van der Waals surface area contributed by atoms with Gasteiger partial charge >= 0.3 is 0 Å². The van der Waals surface area contributed by atoms with E-state index in [1.807, 2.05) is 44.2 Å². The van der Waals surface area contributed by atoms with Gasteiger partial charge in [-0.2, -0.15) is 0 Å². The van der Waals surface area contributed by atoms with Crippen LogP contribution in [0.25, 0.3) is 11.0 Å². The van der Waals surface area contributed by atoms with Gasteiger partial charge in [0.25, 0.3) is 0 Å². The van der Waals surface area contributed by atoms with Crippen LogP contribution in [0.5, 0.6) is 0 Å². The van der Waals surface area contributed by atoms with Crippen molar-refractivity contribution in [1.29, 1.82) is 0 Å². The van der Waals surface area contributed by atoms with Crippen LogP contribution in [0.2, 0.25) is 0 Å². The molecule has 0 aliphatic heterocycles. The van der Waals surface area contributed by atoms with Gasteiger partial charge in [0.05, 0.1) is 5.60 Å². The Kier molecular flexibility index (Phi) is 4.19. The topological polar surface area (TPSA) is 64.2 Å². The van der Waals surface area contributed by atoms with E-state index in [0.717, 1.165) is 17.6 Å². The van der Waals surface area contributed by atoms with Gasteiger partial charge < -0.3 is 20.3 Å². The van der Waals surface area contributed by atoms with Crippen molar-refractivity contribution in [2.24, 2.45) is 0 Å². The fraction of sp³-hybridized carbons (Fsp3) is 0.500. The SMILES string of the molecule is CN(C)CC(C)(O)CNCc1c[nH]c2ncccc12. The molecule has 0 saturated heterocycles. The number of pyridine rings is 1. The Morgan fingerprint density at radius 1 is 1.47 bits per heavy atom. The van der Waals surface area contributed by atoms with Crippen LogP contribution in [-0.4, -0.2) is 52.8 Å². The molecule has 104 valence electrons. The summed E-state index contributed by atoms with van der Waals surface area (Å²) in [6.45, 7) is 3.75. The molecule has 1 unspecified atom stereocenters. The lowest BCUT2D eigenvalue weighted by Gasteiger charge is -2.27. The van der Waals surface area contributed by atoms with Crippen LogP contribution in [0, 0.1) is 0 Å². The van der Waals surface area contributed by atoms with Crippen molar-refractivity contribution < 1.29 is 5.11 Å².